The van der Waals surface area contributed by atoms with Gasteiger partial charge in [0.05, 0.1) is 0 Å². The summed E-state index contributed by atoms with van der Waals surface area (Å²) in [6, 6.07) is 4.56. The Morgan fingerprint density at radius 2 is 2.06 bits per heavy atom. The van der Waals surface area contributed by atoms with Gasteiger partial charge in [0.1, 0.15) is 0 Å². The smallest absolute Gasteiger partial charge is 0.165 e. The van der Waals surface area contributed by atoms with Gasteiger partial charge in [-0.3, -0.25) is 0 Å². The van der Waals surface area contributed by atoms with Crippen molar-refractivity contribution in [2.24, 2.45) is 5.92 Å². The van der Waals surface area contributed by atoms with Crippen LogP contribution in [0.2, 0.25) is 0 Å². The highest BCUT2D eigenvalue weighted by atomic mass is 19.1. The number of nitrogens with one attached hydrogen (secondary N) is 1. The lowest BCUT2D eigenvalue weighted by molar-refractivity contribution is 0.206. The molecular formula is C12H18FNO2. The van der Waals surface area contributed by atoms with Crippen molar-refractivity contribution in [2.45, 2.75) is 26.4 Å². The molecule has 16 heavy (non-hydrogen) atoms. The number of phenolic OH excluding ortho intramolecular Hbond substituents is 1. The van der Waals surface area contributed by atoms with Gasteiger partial charge in [0.15, 0.2) is 11.6 Å². The third-order valence-electron chi connectivity index (χ3n) is 2.83. The molecule has 0 aromatic heterocycles. The first-order chi connectivity index (χ1) is 7.56. The van der Waals surface area contributed by atoms with Gasteiger partial charge >= 0.3 is 0 Å². The van der Waals surface area contributed by atoms with Crippen molar-refractivity contribution in [1.82, 2.24) is 5.32 Å². The summed E-state index contributed by atoms with van der Waals surface area (Å²) in [4.78, 5) is 0. The molecule has 3 nitrogen and oxygen atoms in total. The molecule has 0 radical (unpaired) electrons. The number of aliphatic hydroxyl groups is 1. The van der Waals surface area contributed by atoms with Gasteiger partial charge in [-0.1, -0.05) is 19.1 Å². The van der Waals surface area contributed by atoms with Crippen LogP contribution in [-0.4, -0.2) is 22.9 Å². The number of hydrogen-bond donors (Lipinski definition) is 3. The van der Waals surface area contributed by atoms with Gasteiger partial charge in [-0.05, 0) is 18.9 Å². The molecule has 0 saturated heterocycles. The Morgan fingerprint density at radius 1 is 1.38 bits per heavy atom. The van der Waals surface area contributed by atoms with Crippen LogP contribution in [0.1, 0.15) is 19.4 Å². The van der Waals surface area contributed by atoms with E-state index in [-0.39, 0.29) is 24.3 Å². The van der Waals surface area contributed by atoms with Gasteiger partial charge in [-0.15, -0.1) is 0 Å². The predicted molar refractivity (Wildman–Crippen MR) is 60.6 cm³/mol. The minimum atomic E-state index is -0.609. The van der Waals surface area contributed by atoms with Gasteiger partial charge in [0, 0.05) is 24.8 Å². The predicted octanol–water partition coefficient (Wildman–Crippen LogP) is 1.64. The Hall–Kier alpha value is -1.13. The fraction of sp³-hybridized carbons (Fsp3) is 0.500. The number of rotatable bonds is 5. The first-order valence-corrected chi connectivity index (χ1v) is 5.36. The highest BCUT2D eigenvalue weighted by Crippen LogP contribution is 2.20. The lowest BCUT2D eigenvalue weighted by Gasteiger charge is -2.19. The van der Waals surface area contributed by atoms with Gasteiger partial charge < -0.3 is 15.5 Å². The average molecular weight is 227 g/mol. The van der Waals surface area contributed by atoms with Crippen molar-refractivity contribution in [3.05, 3.63) is 29.6 Å². The summed E-state index contributed by atoms with van der Waals surface area (Å²) >= 11 is 0. The molecule has 90 valence electrons. The van der Waals surface area contributed by atoms with Crippen molar-refractivity contribution >= 4 is 0 Å². The van der Waals surface area contributed by atoms with Gasteiger partial charge in [-0.25, -0.2) is 4.39 Å². The van der Waals surface area contributed by atoms with Gasteiger partial charge in [-0.2, -0.15) is 0 Å². The summed E-state index contributed by atoms with van der Waals surface area (Å²) in [6.45, 7) is 4.35. The second-order valence-electron chi connectivity index (χ2n) is 4.08. The maximum atomic E-state index is 13.0. The molecule has 1 aromatic rings. The minimum absolute atomic E-state index is 0.100. The number of aliphatic hydroxyl groups excluding tert-OH is 1. The third kappa shape index (κ3) is 3.18. The minimum Gasteiger partial charge on any atom is -0.505 e. The summed E-state index contributed by atoms with van der Waals surface area (Å²) in [5.41, 5.74) is 0.525. The molecule has 0 fully saturated rings. The zero-order valence-electron chi connectivity index (χ0n) is 9.57. The van der Waals surface area contributed by atoms with E-state index >= 15 is 0 Å². The fourth-order valence-corrected chi connectivity index (χ4v) is 1.33. The molecule has 0 amide bonds. The molecule has 2 unspecified atom stereocenters. The Kier molecular flexibility index (Phi) is 4.71. The maximum absolute atomic E-state index is 13.0. The molecule has 0 bridgehead atoms. The molecule has 0 aliphatic rings. The fourth-order valence-electron chi connectivity index (χ4n) is 1.33. The summed E-state index contributed by atoms with van der Waals surface area (Å²) in [7, 11) is 0. The molecule has 0 aliphatic carbocycles. The third-order valence-corrected chi connectivity index (χ3v) is 2.83. The largest absolute Gasteiger partial charge is 0.505 e. The first-order valence-electron chi connectivity index (χ1n) is 5.36. The second-order valence-corrected chi connectivity index (χ2v) is 4.08. The monoisotopic (exact) mass is 227 g/mol. The molecular weight excluding hydrogens is 209 g/mol. The van der Waals surface area contributed by atoms with Crippen LogP contribution < -0.4 is 5.32 Å². The Morgan fingerprint density at radius 3 is 2.69 bits per heavy atom. The van der Waals surface area contributed by atoms with Crippen molar-refractivity contribution in [3.8, 4) is 5.75 Å². The van der Waals surface area contributed by atoms with E-state index in [9.17, 15) is 9.50 Å². The first kappa shape index (κ1) is 12.9. The highest BCUT2D eigenvalue weighted by molar-refractivity contribution is 5.33. The highest BCUT2D eigenvalue weighted by Gasteiger charge is 2.12. The van der Waals surface area contributed by atoms with Crippen molar-refractivity contribution in [2.75, 3.05) is 6.61 Å². The quantitative estimate of drug-likeness (QED) is 0.716. The molecule has 0 saturated carbocycles. The molecule has 1 rings (SSSR count). The van der Waals surface area contributed by atoms with Crippen molar-refractivity contribution < 1.29 is 14.6 Å². The summed E-state index contributed by atoms with van der Waals surface area (Å²) in [5.74, 6) is -0.795. The second kappa shape index (κ2) is 5.82. The van der Waals surface area contributed by atoms with E-state index < -0.39 is 5.82 Å². The Labute approximate surface area is 94.9 Å². The van der Waals surface area contributed by atoms with Gasteiger partial charge in [0.2, 0.25) is 0 Å². The van der Waals surface area contributed by atoms with E-state index in [0.29, 0.717) is 12.1 Å². The number of halogens is 1. The average Bonchev–Trinajstić information content (AvgIpc) is 2.29. The molecule has 3 N–H and O–H groups in total. The normalized spacial score (nSPS) is 14.8. The zero-order chi connectivity index (χ0) is 12.1. The molecule has 4 heteroatoms. The molecule has 2 atom stereocenters. The van der Waals surface area contributed by atoms with Crippen LogP contribution in [0.4, 0.5) is 4.39 Å². The van der Waals surface area contributed by atoms with E-state index in [0.717, 1.165) is 0 Å². The number of benzene rings is 1. The van der Waals surface area contributed by atoms with Crippen LogP contribution in [0.25, 0.3) is 0 Å². The summed E-state index contributed by atoms with van der Waals surface area (Å²) < 4.78 is 13.0. The Bertz CT molecular complexity index is 344. The molecule has 0 heterocycles. The Balaban J connectivity index is 2.58. The topological polar surface area (TPSA) is 52.5 Å². The van der Waals surface area contributed by atoms with Crippen LogP contribution in [0.3, 0.4) is 0 Å². The molecule has 1 aromatic carbocycles. The van der Waals surface area contributed by atoms with Crippen LogP contribution >= 0.6 is 0 Å². The SMILES string of the molecule is CC(CO)C(C)NCc1cccc(F)c1O. The van der Waals surface area contributed by atoms with E-state index in [1.807, 2.05) is 13.8 Å². The van der Waals surface area contributed by atoms with Gasteiger partial charge in [0.25, 0.3) is 0 Å². The van der Waals surface area contributed by atoms with Crippen LogP contribution in [-0.2, 0) is 6.54 Å². The zero-order valence-corrected chi connectivity index (χ0v) is 9.57. The summed E-state index contributed by atoms with van der Waals surface area (Å²) in [5, 5.41) is 21.5. The van der Waals surface area contributed by atoms with Crippen LogP contribution in [0.5, 0.6) is 5.75 Å². The van der Waals surface area contributed by atoms with E-state index in [4.69, 9.17) is 5.11 Å². The maximum Gasteiger partial charge on any atom is 0.165 e. The van der Waals surface area contributed by atoms with E-state index in [1.165, 1.54) is 6.07 Å². The molecule has 0 spiro atoms. The standard InChI is InChI=1S/C12H18FNO2/c1-8(7-15)9(2)14-6-10-4-3-5-11(13)12(10)16/h3-5,8-9,14-16H,6-7H2,1-2H3. The van der Waals surface area contributed by atoms with Crippen molar-refractivity contribution in [1.29, 1.82) is 0 Å². The number of hydrogen-bond acceptors (Lipinski definition) is 3. The lowest BCUT2D eigenvalue weighted by Crippen LogP contribution is -2.33. The number of phenols is 1. The van der Waals surface area contributed by atoms with Crippen LogP contribution in [0, 0.1) is 11.7 Å². The van der Waals surface area contributed by atoms with E-state index in [1.54, 1.807) is 12.1 Å². The van der Waals surface area contributed by atoms with E-state index in [2.05, 4.69) is 5.32 Å². The number of aromatic hydroxyl groups is 1. The lowest BCUT2D eigenvalue weighted by atomic mass is 10.0. The number of para-hydroxylation sites is 1. The summed E-state index contributed by atoms with van der Waals surface area (Å²) in [6.07, 6.45) is 0. The van der Waals surface area contributed by atoms with Crippen molar-refractivity contribution in [3.63, 3.8) is 0 Å². The van der Waals surface area contributed by atoms with Crippen LogP contribution in [0.15, 0.2) is 18.2 Å². The molecule has 0 aliphatic heterocycles.